The summed E-state index contributed by atoms with van der Waals surface area (Å²) in [5.74, 6) is -8.31. The molecule has 1 aliphatic carbocycles. The highest BCUT2D eigenvalue weighted by atomic mass is 35.5. The molecule has 5 bridgehead atoms. The summed E-state index contributed by atoms with van der Waals surface area (Å²) in [6.45, 7) is 19.5. The van der Waals surface area contributed by atoms with Crippen molar-refractivity contribution in [1.29, 1.82) is 0 Å². The first-order chi connectivity index (χ1) is 51.4. The lowest BCUT2D eigenvalue weighted by Crippen LogP contribution is -2.46. The number of aliphatic hydroxyl groups is 3. The number of hydrazone groups is 1. The summed E-state index contributed by atoms with van der Waals surface area (Å²) in [5, 5.41) is 81.2. The number of nitrogen functional groups attached to an aromatic ring is 1. The second-order valence-electron chi connectivity index (χ2n) is 27.3. The van der Waals surface area contributed by atoms with E-state index in [-0.39, 0.29) is 87.5 Å². The van der Waals surface area contributed by atoms with Crippen LogP contribution in [0.15, 0.2) is 142 Å². The number of benzene rings is 6. The van der Waals surface area contributed by atoms with Gasteiger partial charge >= 0.3 is 11.8 Å². The Balaban J connectivity index is 0.000000209. The number of hydrogen-bond donors (Lipinski definition) is 10. The minimum atomic E-state index is -2.04. The van der Waals surface area contributed by atoms with Crippen LogP contribution in [-0.4, -0.2) is 183 Å². The third-order valence-corrected chi connectivity index (χ3v) is 19.6. The molecule has 6 aliphatic rings. The zero-order valence-electron chi connectivity index (χ0n) is 62.0. The highest BCUT2D eigenvalue weighted by Gasteiger charge is 2.50. The smallest absolute Gasteiger partial charge is 0.312 e. The number of piperazine rings is 1. The summed E-state index contributed by atoms with van der Waals surface area (Å²) in [6.07, 6.45) is 6.29. The predicted octanol–water partition coefficient (Wildman–Crippen LogP) is 10.5. The second-order valence-corrected chi connectivity index (χ2v) is 28.2. The van der Waals surface area contributed by atoms with Gasteiger partial charge in [-0.15, -0.1) is 0 Å². The number of aromatic nitrogens is 6. The van der Waals surface area contributed by atoms with Crippen LogP contribution in [0, 0.1) is 30.6 Å². The van der Waals surface area contributed by atoms with Gasteiger partial charge in [0, 0.05) is 115 Å². The summed E-state index contributed by atoms with van der Waals surface area (Å²) in [7, 11) is 3.42. The minimum Gasteiger partial charge on any atom is -0.507 e. The van der Waals surface area contributed by atoms with Gasteiger partial charge in [0.25, 0.3) is 17.2 Å². The molecule has 5 aliphatic heterocycles. The lowest BCUT2D eigenvalue weighted by atomic mass is 9.78. The third-order valence-electron chi connectivity index (χ3n) is 19.1. The SMILES string of the molecule is CC(C)/N=c1\cc2n(-c3ccc(Cl)cc3)c3ccccc3nc-2cc1Nc1ccc(Cl)cc1.CO[C@H]1/C=C/O[C@@]2(C)Oc3c(C)c(O)c4c(O)c(c(/C=N/N5CCN(C)CC5)c(O)c4c3C2=O)NC(=O)/C(C)=C\C=C\[C@H](C)[C@H](O)[C@@H](C)[C@@H](O)[C@@H](C)[C@H](OC(C)=O)[C@@H]1C.Nc1nc2c(ncn2COCCO)c(=O)[nH]1. The maximum atomic E-state index is 14.4. The molecule has 0 saturated carbocycles. The third kappa shape index (κ3) is 17.7. The van der Waals surface area contributed by atoms with Crippen LogP contribution in [0.2, 0.25) is 10.0 Å². The van der Waals surface area contributed by atoms with Gasteiger partial charge < -0.3 is 80.2 Å². The molecule has 11 N–H and O–H groups in total. The number of allylic oxidation sites excluding steroid dienone is 2. The van der Waals surface area contributed by atoms with Gasteiger partial charge in [-0.25, -0.2) is 9.97 Å². The van der Waals surface area contributed by atoms with Crippen LogP contribution in [0.25, 0.3) is 50.0 Å². The van der Waals surface area contributed by atoms with Crippen molar-refractivity contribution in [2.75, 3.05) is 69.9 Å². The van der Waals surface area contributed by atoms with Gasteiger partial charge in [0.1, 0.15) is 30.1 Å². The zero-order chi connectivity index (χ0) is 78.2. The Bertz CT molecular complexity index is 5010. The zero-order valence-corrected chi connectivity index (χ0v) is 63.5. The number of nitrogens with one attached hydrogen (secondary N) is 3. The number of halogens is 2. The molecular weight excluding hydrogens is 1430 g/mol. The maximum absolute atomic E-state index is 14.4. The van der Waals surface area contributed by atoms with Crippen LogP contribution >= 0.6 is 23.2 Å². The van der Waals surface area contributed by atoms with E-state index in [1.165, 1.54) is 70.3 Å². The first kappa shape index (κ1) is 80.1. The van der Waals surface area contributed by atoms with E-state index >= 15 is 0 Å². The Morgan fingerprint density at radius 2 is 1.56 bits per heavy atom. The molecule has 9 atom stereocenters. The van der Waals surface area contributed by atoms with Crippen molar-refractivity contribution >= 4 is 103 Å². The number of para-hydroxylation sites is 2. The fraction of sp³-hybridized carbons (Fsp3) is 0.372. The number of methoxy groups -OCH3 is 1. The summed E-state index contributed by atoms with van der Waals surface area (Å²) in [5.41, 5.74) is 11.8. The Kier molecular flexibility index (Phi) is 25.7. The highest BCUT2D eigenvalue weighted by molar-refractivity contribution is 6.31. The highest BCUT2D eigenvalue weighted by Crippen LogP contribution is 2.55. The molecular formula is C78H91Cl2N13O15. The number of aromatic hydroxyl groups is 3. The number of esters is 1. The molecule has 0 spiro atoms. The average Bonchev–Trinajstić information content (AvgIpc) is 1.47. The van der Waals surface area contributed by atoms with Gasteiger partial charge in [0.15, 0.2) is 16.9 Å². The van der Waals surface area contributed by atoms with Crippen molar-refractivity contribution in [2.45, 2.75) is 112 Å². The number of ether oxygens (including phenoxy) is 5. The lowest BCUT2D eigenvalue weighted by Gasteiger charge is -2.38. The van der Waals surface area contributed by atoms with Crippen molar-refractivity contribution in [2.24, 2.45) is 33.8 Å². The predicted molar refractivity (Wildman–Crippen MR) is 414 cm³/mol. The molecule has 28 nitrogen and oxygen atoms in total. The topological polar surface area (TPSA) is 381 Å². The van der Waals surface area contributed by atoms with Crippen molar-refractivity contribution in [3.05, 3.63) is 170 Å². The normalized spacial score (nSPS) is 22.9. The molecule has 572 valence electrons. The number of rotatable bonds is 12. The van der Waals surface area contributed by atoms with E-state index < -0.39 is 88.8 Å². The van der Waals surface area contributed by atoms with E-state index in [1.807, 2.05) is 73.8 Å². The number of phenolic OH excluding ortho intramolecular Hbond substituents is 3. The first-order valence-corrected chi connectivity index (χ1v) is 35.9. The van der Waals surface area contributed by atoms with Gasteiger partial charge in [-0.3, -0.25) is 38.7 Å². The standard InChI is InChI=1S/C43H58N4O12.C27H22Cl2N4.C8H11N5O3/c1-21-12-11-13-22(2)42(55)45-33-28(20-44-47-17-15-46(9)16-18-47)37(52)30-31(38(33)53)36(51)26(6)40-32(30)41(54)43(8,59-40)57-19-14-29(56-10)23(3)39(58-27(7)48)25(5)35(50)24(4)34(21)49;1-17(2)30-24-16-27-25(15-23(24)31-20-11-7-18(28)8-12-20)32-22-5-3-4-6-26(22)33(27)21-13-9-19(29)10-14-21;9-8-11-6-5(7(15)12-8)10-3-13(6)4-16-2-1-14/h11-14,19-21,23-25,29,34-35,39,49-53H,15-18H2,1-10H3,(H,45,55);3-17,31H,1-2H3;3,14H,1-2,4H2,(H3,9,11,12,15)/b12-11+,19-14+,22-13-,44-20+;30-24+;/t21-,23+,24+,25+,29-,34-,35+,39+,43-;;/m0../s1. The van der Waals surface area contributed by atoms with E-state index in [2.05, 4.69) is 72.2 Å². The summed E-state index contributed by atoms with van der Waals surface area (Å²) < 4.78 is 32.4. The Morgan fingerprint density at radius 3 is 2.23 bits per heavy atom. The van der Waals surface area contributed by atoms with Crippen LogP contribution in [-0.2, 0) is 35.3 Å². The molecule has 108 heavy (non-hydrogen) atoms. The molecule has 2 aromatic heterocycles. The van der Waals surface area contributed by atoms with Gasteiger partial charge in [0.2, 0.25) is 5.95 Å². The number of imidazole rings is 1. The number of carbonyl (C=O) groups is 3. The van der Waals surface area contributed by atoms with Crippen LogP contribution in [0.4, 0.5) is 23.0 Å². The molecule has 7 heterocycles. The number of anilines is 4. The van der Waals surface area contributed by atoms with E-state index in [0.717, 1.165) is 57.9 Å². The van der Waals surface area contributed by atoms with E-state index in [9.17, 15) is 44.7 Å². The van der Waals surface area contributed by atoms with E-state index in [0.29, 0.717) is 28.8 Å². The van der Waals surface area contributed by atoms with Crippen LogP contribution in [0.1, 0.15) is 83.8 Å². The largest absolute Gasteiger partial charge is 0.507 e. The summed E-state index contributed by atoms with van der Waals surface area (Å²) >= 11 is 12.2. The molecule has 0 unspecified atom stereocenters. The second kappa shape index (κ2) is 34.6. The number of amides is 1. The van der Waals surface area contributed by atoms with Crippen LogP contribution in [0.5, 0.6) is 23.0 Å². The number of fused-ring (bicyclic) bond motifs is 17. The lowest BCUT2D eigenvalue weighted by molar-refractivity contribution is -0.160. The summed E-state index contributed by atoms with van der Waals surface area (Å²) in [4.78, 5) is 74.1. The number of aromatic amines is 1. The molecule has 1 saturated heterocycles. The number of carbonyl (C=O) groups excluding carboxylic acids is 3. The van der Waals surface area contributed by atoms with E-state index in [4.69, 9.17) is 67.7 Å². The average molecular weight is 1520 g/mol. The van der Waals surface area contributed by atoms with Crippen molar-refractivity contribution < 1.29 is 68.7 Å². The number of ketones is 1. The number of phenols is 3. The Hall–Kier alpha value is -10.4. The van der Waals surface area contributed by atoms with Gasteiger partial charge in [-0.05, 0) is 114 Å². The molecule has 7 aromatic rings. The molecule has 13 rings (SSSR count). The number of H-pyrrole nitrogens is 1. The Labute approximate surface area is 633 Å². The van der Waals surface area contributed by atoms with Crippen molar-refractivity contribution in [1.82, 2.24) is 39.0 Å². The number of nitrogens with zero attached hydrogens (tertiary/aromatic N) is 9. The summed E-state index contributed by atoms with van der Waals surface area (Å²) in [6, 6.07) is 27.9. The molecule has 1 fully saturated rings. The Morgan fingerprint density at radius 1 is 0.880 bits per heavy atom. The number of nitrogens with two attached hydrogens (primary N) is 1. The van der Waals surface area contributed by atoms with Gasteiger partial charge in [-0.1, -0.05) is 81.3 Å². The number of Topliss-reactive ketones (excluding diaryl/α,β-unsaturated/α-hetero) is 1. The quantitative estimate of drug-likeness (QED) is 0.0136. The maximum Gasteiger partial charge on any atom is 0.312 e. The van der Waals surface area contributed by atoms with Crippen LogP contribution in [0.3, 0.4) is 0 Å². The number of aliphatic hydroxyl groups excluding tert-OH is 3. The monoisotopic (exact) mass is 1520 g/mol. The van der Waals surface area contributed by atoms with Gasteiger partial charge in [0.05, 0.1) is 106 Å². The molecule has 30 heteroatoms. The first-order valence-electron chi connectivity index (χ1n) is 35.2. The molecule has 0 radical (unpaired) electrons. The molecule has 1 amide bonds. The van der Waals surface area contributed by atoms with Crippen LogP contribution < -0.4 is 32.0 Å². The fourth-order valence-electron chi connectivity index (χ4n) is 13.1. The van der Waals surface area contributed by atoms with Gasteiger partial charge in [-0.2, -0.15) is 10.1 Å². The minimum absolute atomic E-state index is 0.0291. The number of hydrogen-bond acceptors (Lipinski definition) is 24. The van der Waals surface area contributed by atoms with Crippen molar-refractivity contribution in [3.8, 4) is 40.1 Å². The van der Waals surface area contributed by atoms with E-state index in [1.54, 1.807) is 44.9 Å². The molecule has 5 aromatic carbocycles. The van der Waals surface area contributed by atoms with Crippen molar-refractivity contribution in [3.63, 3.8) is 0 Å². The fourth-order valence-corrected chi connectivity index (χ4v) is 13.4. The number of likely N-dealkylation sites (N-methyl/N-ethyl adjacent to an activating group) is 1.